The van der Waals surface area contributed by atoms with Gasteiger partial charge in [0.15, 0.2) is 5.76 Å². The number of amides is 1. The second kappa shape index (κ2) is 4.51. The van der Waals surface area contributed by atoms with E-state index in [4.69, 9.17) is 4.42 Å². The predicted molar refractivity (Wildman–Crippen MR) is 57.8 cm³/mol. The van der Waals surface area contributed by atoms with Gasteiger partial charge in [-0.25, -0.2) is 0 Å². The van der Waals surface area contributed by atoms with Crippen LogP contribution in [0.15, 0.2) is 16.5 Å². The van der Waals surface area contributed by atoms with E-state index in [1.807, 2.05) is 13.0 Å². The Morgan fingerprint density at radius 3 is 2.80 bits per heavy atom. The fourth-order valence-corrected chi connectivity index (χ4v) is 2.02. The lowest BCUT2D eigenvalue weighted by Gasteiger charge is -2.09. The van der Waals surface area contributed by atoms with Crippen LogP contribution in [0, 0.1) is 0 Å². The van der Waals surface area contributed by atoms with Gasteiger partial charge in [0.05, 0.1) is 0 Å². The topological polar surface area (TPSA) is 42.2 Å². The maximum Gasteiger partial charge on any atom is 0.287 e. The van der Waals surface area contributed by atoms with Crippen molar-refractivity contribution in [1.82, 2.24) is 5.32 Å². The molecule has 0 atom stereocenters. The minimum atomic E-state index is -0.0680. The molecule has 1 heterocycles. The third-order valence-corrected chi connectivity index (χ3v) is 2.92. The average molecular weight is 207 g/mol. The first-order chi connectivity index (χ1) is 7.29. The molecule has 0 saturated heterocycles. The third kappa shape index (κ3) is 2.41. The molecule has 0 spiro atoms. The molecule has 0 aromatic carbocycles. The lowest BCUT2D eigenvalue weighted by molar-refractivity contribution is 0.0908. The minimum absolute atomic E-state index is 0.0680. The Balaban J connectivity index is 1.94. The largest absolute Gasteiger partial charge is 0.456 e. The van der Waals surface area contributed by atoms with Crippen molar-refractivity contribution >= 4 is 5.91 Å². The molecule has 3 heteroatoms. The van der Waals surface area contributed by atoms with E-state index >= 15 is 0 Å². The molecule has 0 bridgehead atoms. The monoisotopic (exact) mass is 207 g/mol. The normalized spacial score (nSPS) is 16.9. The molecule has 1 aliphatic carbocycles. The highest BCUT2D eigenvalue weighted by Crippen LogP contribution is 2.18. The van der Waals surface area contributed by atoms with Crippen molar-refractivity contribution in [3.8, 4) is 0 Å². The summed E-state index contributed by atoms with van der Waals surface area (Å²) in [7, 11) is 0. The van der Waals surface area contributed by atoms with E-state index in [1.54, 1.807) is 6.07 Å². The molecular formula is C12H17NO2. The average Bonchev–Trinajstić information content (AvgIpc) is 2.86. The first-order valence-electron chi connectivity index (χ1n) is 5.69. The zero-order valence-electron chi connectivity index (χ0n) is 9.08. The van der Waals surface area contributed by atoms with Crippen molar-refractivity contribution in [1.29, 1.82) is 0 Å². The predicted octanol–water partition coefficient (Wildman–Crippen LogP) is 2.51. The summed E-state index contributed by atoms with van der Waals surface area (Å²) < 4.78 is 5.39. The van der Waals surface area contributed by atoms with Crippen LogP contribution in [-0.4, -0.2) is 11.9 Å². The van der Waals surface area contributed by atoms with Gasteiger partial charge in [0.25, 0.3) is 5.91 Å². The van der Waals surface area contributed by atoms with E-state index < -0.39 is 0 Å². The van der Waals surface area contributed by atoms with Gasteiger partial charge in [0, 0.05) is 12.5 Å². The molecule has 1 aromatic rings. The third-order valence-electron chi connectivity index (χ3n) is 2.92. The van der Waals surface area contributed by atoms with Crippen LogP contribution in [0.3, 0.4) is 0 Å². The van der Waals surface area contributed by atoms with Gasteiger partial charge in [0.1, 0.15) is 5.76 Å². The number of aryl methyl sites for hydroxylation is 1. The molecule has 1 saturated carbocycles. The van der Waals surface area contributed by atoms with Gasteiger partial charge in [-0.2, -0.15) is 0 Å². The van der Waals surface area contributed by atoms with Crippen LogP contribution in [0.1, 0.15) is 48.9 Å². The van der Waals surface area contributed by atoms with E-state index in [1.165, 1.54) is 12.8 Å². The van der Waals surface area contributed by atoms with Gasteiger partial charge >= 0.3 is 0 Å². The highest BCUT2D eigenvalue weighted by Gasteiger charge is 2.19. The van der Waals surface area contributed by atoms with Crippen LogP contribution >= 0.6 is 0 Å². The summed E-state index contributed by atoms with van der Waals surface area (Å²) in [6.45, 7) is 2.01. The molecule has 3 nitrogen and oxygen atoms in total. The molecule has 1 aromatic heterocycles. The van der Waals surface area contributed by atoms with Crippen LogP contribution in [0.2, 0.25) is 0 Å². The van der Waals surface area contributed by atoms with Crippen molar-refractivity contribution in [3.63, 3.8) is 0 Å². The number of furan rings is 1. The van der Waals surface area contributed by atoms with Crippen LogP contribution in [0.4, 0.5) is 0 Å². The summed E-state index contributed by atoms with van der Waals surface area (Å²) in [5, 5.41) is 3.00. The summed E-state index contributed by atoms with van der Waals surface area (Å²) in [6, 6.07) is 3.97. The standard InChI is InChI=1S/C12H17NO2/c1-2-10-7-8-11(15-10)12(14)13-9-5-3-4-6-9/h7-9H,2-6H2,1H3,(H,13,14). The smallest absolute Gasteiger partial charge is 0.287 e. The van der Waals surface area contributed by atoms with Crippen molar-refractivity contribution < 1.29 is 9.21 Å². The molecule has 0 aliphatic heterocycles. The molecular weight excluding hydrogens is 190 g/mol. The Morgan fingerprint density at radius 1 is 1.47 bits per heavy atom. The fraction of sp³-hybridized carbons (Fsp3) is 0.583. The van der Waals surface area contributed by atoms with Crippen molar-refractivity contribution in [3.05, 3.63) is 23.7 Å². The molecule has 1 fully saturated rings. The Kier molecular flexibility index (Phi) is 3.09. The number of rotatable bonds is 3. The maximum atomic E-state index is 11.7. The van der Waals surface area contributed by atoms with Crippen LogP contribution < -0.4 is 5.32 Å². The highest BCUT2D eigenvalue weighted by molar-refractivity contribution is 5.91. The number of carbonyl (C=O) groups excluding carboxylic acids is 1. The Labute approximate surface area is 89.9 Å². The zero-order chi connectivity index (χ0) is 10.7. The quantitative estimate of drug-likeness (QED) is 0.827. The first kappa shape index (κ1) is 10.3. The summed E-state index contributed by atoms with van der Waals surface area (Å²) in [5.41, 5.74) is 0. The number of carbonyl (C=O) groups is 1. The molecule has 1 N–H and O–H groups in total. The zero-order valence-corrected chi connectivity index (χ0v) is 9.08. The SMILES string of the molecule is CCc1ccc(C(=O)NC2CCCC2)o1. The Morgan fingerprint density at radius 2 is 2.20 bits per heavy atom. The van der Waals surface area contributed by atoms with E-state index in [0.717, 1.165) is 25.0 Å². The molecule has 15 heavy (non-hydrogen) atoms. The van der Waals surface area contributed by atoms with Crippen molar-refractivity contribution in [2.75, 3.05) is 0 Å². The fourth-order valence-electron chi connectivity index (χ4n) is 2.02. The Bertz CT molecular complexity index is 337. The van der Waals surface area contributed by atoms with Crippen molar-refractivity contribution in [2.24, 2.45) is 0 Å². The Hall–Kier alpha value is -1.25. The molecule has 1 aliphatic rings. The highest BCUT2D eigenvalue weighted by atomic mass is 16.3. The van der Waals surface area contributed by atoms with E-state index in [2.05, 4.69) is 5.32 Å². The number of nitrogens with one attached hydrogen (secondary N) is 1. The van der Waals surface area contributed by atoms with E-state index in [9.17, 15) is 4.79 Å². The van der Waals surface area contributed by atoms with Gasteiger partial charge in [-0.3, -0.25) is 4.79 Å². The molecule has 82 valence electrons. The maximum absolute atomic E-state index is 11.7. The lowest BCUT2D eigenvalue weighted by Crippen LogP contribution is -2.32. The van der Waals surface area contributed by atoms with Gasteiger partial charge in [-0.05, 0) is 25.0 Å². The number of hydrogen-bond donors (Lipinski definition) is 1. The molecule has 2 rings (SSSR count). The van der Waals surface area contributed by atoms with Gasteiger partial charge in [-0.1, -0.05) is 19.8 Å². The molecule has 0 unspecified atom stereocenters. The van der Waals surface area contributed by atoms with Gasteiger partial charge in [-0.15, -0.1) is 0 Å². The van der Waals surface area contributed by atoms with Crippen LogP contribution in [0.5, 0.6) is 0 Å². The first-order valence-corrected chi connectivity index (χ1v) is 5.69. The van der Waals surface area contributed by atoms with Gasteiger partial charge < -0.3 is 9.73 Å². The lowest BCUT2D eigenvalue weighted by atomic mass is 10.2. The summed E-state index contributed by atoms with van der Waals surface area (Å²) in [6.07, 6.45) is 5.49. The minimum Gasteiger partial charge on any atom is -0.456 e. The summed E-state index contributed by atoms with van der Waals surface area (Å²) in [4.78, 5) is 11.7. The summed E-state index contributed by atoms with van der Waals surface area (Å²) >= 11 is 0. The van der Waals surface area contributed by atoms with E-state index in [0.29, 0.717) is 11.8 Å². The van der Waals surface area contributed by atoms with Crippen LogP contribution in [0.25, 0.3) is 0 Å². The second-order valence-corrected chi connectivity index (χ2v) is 4.07. The second-order valence-electron chi connectivity index (χ2n) is 4.07. The van der Waals surface area contributed by atoms with E-state index in [-0.39, 0.29) is 5.91 Å². The van der Waals surface area contributed by atoms with Crippen molar-refractivity contribution in [2.45, 2.75) is 45.1 Å². The summed E-state index contributed by atoms with van der Waals surface area (Å²) in [5.74, 6) is 1.24. The molecule has 0 radical (unpaired) electrons. The van der Waals surface area contributed by atoms with Crippen LogP contribution in [-0.2, 0) is 6.42 Å². The molecule has 1 amide bonds. The van der Waals surface area contributed by atoms with Gasteiger partial charge in [0.2, 0.25) is 0 Å². The number of hydrogen-bond acceptors (Lipinski definition) is 2.